The van der Waals surface area contributed by atoms with Crippen molar-refractivity contribution in [3.05, 3.63) is 28.8 Å². The number of ether oxygens (including phenoxy) is 1. The Labute approximate surface area is 131 Å². The van der Waals surface area contributed by atoms with Crippen molar-refractivity contribution in [3.8, 4) is 6.07 Å². The standard InChI is InChI=1S/C13H9F6NO2S/c1-2-22-10(21)5-7-3-8(6-20)11(23-13(17,18)19)9(4-7)12(14,15)16/h3-4H,2,5H2,1H3. The fraction of sp³-hybridized carbons (Fsp3) is 0.385. The van der Waals surface area contributed by atoms with Gasteiger partial charge >= 0.3 is 17.7 Å². The Morgan fingerprint density at radius 1 is 1.26 bits per heavy atom. The van der Waals surface area contributed by atoms with Crippen molar-refractivity contribution >= 4 is 17.7 Å². The molecule has 0 amide bonds. The number of carbonyl (C=O) groups is 1. The lowest BCUT2D eigenvalue weighted by Crippen LogP contribution is -2.14. The van der Waals surface area contributed by atoms with Crippen LogP contribution in [-0.2, 0) is 22.1 Å². The highest BCUT2D eigenvalue weighted by Gasteiger charge is 2.40. The number of rotatable bonds is 4. The van der Waals surface area contributed by atoms with E-state index in [1.807, 2.05) is 0 Å². The molecule has 3 nitrogen and oxygen atoms in total. The first kappa shape index (κ1) is 19.2. The third kappa shape index (κ3) is 5.67. The second-order valence-corrected chi connectivity index (χ2v) is 5.23. The van der Waals surface area contributed by atoms with Gasteiger partial charge in [-0.15, -0.1) is 0 Å². The summed E-state index contributed by atoms with van der Waals surface area (Å²) in [6.45, 7) is 1.49. The van der Waals surface area contributed by atoms with Gasteiger partial charge in [0.25, 0.3) is 0 Å². The summed E-state index contributed by atoms with van der Waals surface area (Å²) in [6.07, 6.45) is -5.69. The van der Waals surface area contributed by atoms with Crippen molar-refractivity contribution < 1.29 is 35.9 Å². The van der Waals surface area contributed by atoms with Gasteiger partial charge in [0.15, 0.2) is 0 Å². The Kier molecular flexibility index (Phi) is 5.93. The maximum absolute atomic E-state index is 13.0. The first-order valence-corrected chi connectivity index (χ1v) is 6.85. The molecule has 0 aliphatic rings. The van der Waals surface area contributed by atoms with E-state index in [1.165, 1.54) is 13.0 Å². The number of alkyl halides is 6. The molecule has 126 valence electrons. The van der Waals surface area contributed by atoms with Crippen molar-refractivity contribution in [3.63, 3.8) is 0 Å². The quantitative estimate of drug-likeness (QED) is 0.458. The van der Waals surface area contributed by atoms with E-state index in [4.69, 9.17) is 5.26 Å². The molecule has 0 atom stereocenters. The summed E-state index contributed by atoms with van der Waals surface area (Å²) in [4.78, 5) is 10.1. The monoisotopic (exact) mass is 357 g/mol. The number of nitrogens with zero attached hydrogens (tertiary/aromatic N) is 1. The van der Waals surface area contributed by atoms with Crippen LogP contribution in [0.3, 0.4) is 0 Å². The molecule has 0 saturated heterocycles. The molecule has 23 heavy (non-hydrogen) atoms. The molecule has 0 aromatic heterocycles. The Morgan fingerprint density at radius 3 is 2.30 bits per heavy atom. The average molecular weight is 357 g/mol. The molecular formula is C13H9F6NO2S. The predicted octanol–water partition coefficient (Wildman–Crippen LogP) is 4.29. The van der Waals surface area contributed by atoms with Crippen molar-refractivity contribution in [1.29, 1.82) is 5.26 Å². The zero-order chi connectivity index (χ0) is 17.8. The van der Waals surface area contributed by atoms with Gasteiger partial charge in [0.05, 0.1) is 24.2 Å². The van der Waals surface area contributed by atoms with Gasteiger partial charge in [-0.1, -0.05) is 0 Å². The summed E-state index contributed by atoms with van der Waals surface area (Å²) in [5, 5.41) is 8.85. The number of hydrogen-bond acceptors (Lipinski definition) is 4. The Morgan fingerprint density at radius 2 is 1.87 bits per heavy atom. The fourth-order valence-electron chi connectivity index (χ4n) is 1.69. The number of halogens is 6. The number of benzene rings is 1. The lowest BCUT2D eigenvalue weighted by molar-refractivity contribution is -0.143. The molecule has 0 aliphatic carbocycles. The number of thioether (sulfide) groups is 1. The van der Waals surface area contributed by atoms with Gasteiger partial charge in [0, 0.05) is 4.90 Å². The van der Waals surface area contributed by atoms with E-state index in [0.717, 1.165) is 6.07 Å². The molecule has 0 aliphatic heterocycles. The molecule has 1 aromatic carbocycles. The van der Waals surface area contributed by atoms with E-state index in [-0.39, 0.29) is 12.2 Å². The number of carbonyl (C=O) groups excluding carboxylic acids is 1. The fourth-order valence-corrected chi connectivity index (χ4v) is 2.42. The van der Waals surface area contributed by atoms with Crippen LogP contribution in [0.25, 0.3) is 0 Å². The highest BCUT2D eigenvalue weighted by molar-refractivity contribution is 8.00. The Hall–Kier alpha value is -1.89. The van der Waals surface area contributed by atoms with Gasteiger partial charge < -0.3 is 4.74 Å². The van der Waals surface area contributed by atoms with Gasteiger partial charge in [-0.3, -0.25) is 4.79 Å². The molecule has 0 unspecified atom stereocenters. The lowest BCUT2D eigenvalue weighted by Gasteiger charge is -2.16. The van der Waals surface area contributed by atoms with Crippen LogP contribution in [0.2, 0.25) is 0 Å². The first-order valence-electron chi connectivity index (χ1n) is 6.03. The highest BCUT2D eigenvalue weighted by atomic mass is 32.2. The number of esters is 1. The maximum Gasteiger partial charge on any atom is 0.446 e. The van der Waals surface area contributed by atoms with E-state index in [1.54, 1.807) is 0 Å². The largest absolute Gasteiger partial charge is 0.466 e. The zero-order valence-corrected chi connectivity index (χ0v) is 12.3. The molecule has 1 aromatic rings. The molecule has 1 rings (SSSR count). The SMILES string of the molecule is CCOC(=O)Cc1cc(C#N)c(SC(F)(F)F)c(C(F)(F)F)c1. The van der Waals surface area contributed by atoms with Gasteiger partial charge in [-0.05, 0) is 36.4 Å². The summed E-state index contributed by atoms with van der Waals surface area (Å²) < 4.78 is 80.9. The minimum atomic E-state index is -5.11. The molecule has 0 spiro atoms. The van der Waals surface area contributed by atoms with E-state index in [2.05, 4.69) is 4.74 Å². The first-order chi connectivity index (χ1) is 10.5. The minimum Gasteiger partial charge on any atom is -0.466 e. The topological polar surface area (TPSA) is 50.1 Å². The van der Waals surface area contributed by atoms with E-state index in [0.29, 0.717) is 6.07 Å². The summed E-state index contributed by atoms with van der Waals surface area (Å²) >= 11 is -1.02. The van der Waals surface area contributed by atoms with Gasteiger partial charge in [0.1, 0.15) is 6.07 Å². The van der Waals surface area contributed by atoms with Crippen LogP contribution in [-0.4, -0.2) is 18.1 Å². The molecular weight excluding hydrogens is 348 g/mol. The van der Waals surface area contributed by atoms with Crippen LogP contribution in [0.1, 0.15) is 23.6 Å². The Balaban J connectivity index is 3.41. The summed E-state index contributed by atoms with van der Waals surface area (Å²) in [6, 6.07) is 2.55. The second kappa shape index (κ2) is 7.12. The van der Waals surface area contributed by atoms with E-state index >= 15 is 0 Å². The summed E-state index contributed by atoms with van der Waals surface area (Å²) in [5.74, 6) is -0.847. The van der Waals surface area contributed by atoms with Crippen LogP contribution >= 0.6 is 11.8 Å². The Bertz CT molecular complexity index is 633. The van der Waals surface area contributed by atoms with Crippen LogP contribution < -0.4 is 0 Å². The third-order valence-electron chi connectivity index (χ3n) is 2.45. The van der Waals surface area contributed by atoms with Crippen LogP contribution in [0, 0.1) is 11.3 Å². The lowest BCUT2D eigenvalue weighted by atomic mass is 10.0. The highest BCUT2D eigenvalue weighted by Crippen LogP contribution is 2.45. The van der Waals surface area contributed by atoms with Crippen LogP contribution in [0.5, 0.6) is 0 Å². The van der Waals surface area contributed by atoms with Crippen molar-refractivity contribution in [2.24, 2.45) is 0 Å². The molecule has 0 radical (unpaired) electrons. The molecule has 10 heteroatoms. The molecule has 0 N–H and O–H groups in total. The smallest absolute Gasteiger partial charge is 0.446 e. The summed E-state index contributed by atoms with van der Waals surface area (Å²) in [5.41, 5.74) is -7.66. The molecule has 0 saturated carbocycles. The van der Waals surface area contributed by atoms with Crippen molar-refractivity contribution in [1.82, 2.24) is 0 Å². The molecule has 0 fully saturated rings. The zero-order valence-electron chi connectivity index (χ0n) is 11.5. The predicted molar refractivity (Wildman–Crippen MR) is 68.4 cm³/mol. The normalized spacial score (nSPS) is 11.9. The number of nitriles is 1. The summed E-state index contributed by atoms with van der Waals surface area (Å²) in [7, 11) is 0. The maximum atomic E-state index is 13.0. The van der Waals surface area contributed by atoms with Crippen molar-refractivity contribution in [2.45, 2.75) is 29.9 Å². The number of hydrogen-bond donors (Lipinski definition) is 0. The second-order valence-electron chi connectivity index (χ2n) is 4.16. The van der Waals surface area contributed by atoms with Gasteiger partial charge in [0.2, 0.25) is 0 Å². The molecule has 0 heterocycles. The third-order valence-corrected chi connectivity index (χ3v) is 3.32. The molecule has 0 bridgehead atoms. The van der Waals surface area contributed by atoms with Gasteiger partial charge in [-0.2, -0.15) is 31.6 Å². The van der Waals surface area contributed by atoms with E-state index in [9.17, 15) is 31.1 Å². The van der Waals surface area contributed by atoms with Crippen molar-refractivity contribution in [2.75, 3.05) is 6.61 Å². The van der Waals surface area contributed by atoms with E-state index < -0.39 is 51.9 Å². The van der Waals surface area contributed by atoms with Gasteiger partial charge in [-0.25, -0.2) is 0 Å². The minimum absolute atomic E-state index is 0.00191. The average Bonchev–Trinajstić information content (AvgIpc) is 2.37. The van der Waals surface area contributed by atoms with Crippen LogP contribution in [0.4, 0.5) is 26.3 Å². The van der Waals surface area contributed by atoms with Crippen LogP contribution in [0.15, 0.2) is 17.0 Å².